The number of rotatable bonds is 8. The number of hydrogen-bond donors (Lipinski definition) is 2. The topological polar surface area (TPSA) is 91.2 Å². The Morgan fingerprint density at radius 1 is 0.967 bits per heavy atom. The monoisotopic (exact) mass is 399 g/mol. The number of amides is 1. The van der Waals surface area contributed by atoms with E-state index >= 15 is 0 Å². The number of carbonyl (C=O) groups excluding carboxylic acids is 2. The van der Waals surface area contributed by atoms with Crippen molar-refractivity contribution in [2.75, 3.05) is 17.2 Å². The van der Waals surface area contributed by atoms with Gasteiger partial charge in [0.15, 0.2) is 5.78 Å². The van der Waals surface area contributed by atoms with E-state index in [0.29, 0.717) is 29.2 Å². The van der Waals surface area contributed by atoms with Crippen LogP contribution < -0.4 is 15.4 Å². The zero-order chi connectivity index (χ0) is 21.3. The third-order valence-corrected chi connectivity index (χ3v) is 4.30. The molecule has 0 radical (unpaired) electrons. The predicted octanol–water partition coefficient (Wildman–Crippen LogP) is 4.39. The summed E-state index contributed by atoms with van der Waals surface area (Å²) in [7, 11) is 0. The molecule has 0 unspecified atom stereocenters. The summed E-state index contributed by atoms with van der Waals surface area (Å²) in [5.41, 5.74) is 3.36. The minimum absolute atomic E-state index is 0.0552. The van der Waals surface area contributed by atoms with E-state index in [1.54, 1.807) is 42.5 Å². The van der Waals surface area contributed by atoms with Crippen molar-refractivity contribution in [3.63, 3.8) is 0 Å². The minimum Gasteiger partial charge on any atom is -0.489 e. The van der Waals surface area contributed by atoms with E-state index in [0.717, 1.165) is 11.3 Å². The van der Waals surface area contributed by atoms with Crippen molar-refractivity contribution in [1.82, 2.24) is 0 Å². The first-order chi connectivity index (χ1) is 14.5. The summed E-state index contributed by atoms with van der Waals surface area (Å²) in [6.07, 6.45) is 0. The Kier molecular flexibility index (Phi) is 6.80. The molecule has 0 heterocycles. The zero-order valence-corrected chi connectivity index (χ0v) is 16.5. The van der Waals surface area contributed by atoms with Crippen LogP contribution in [0.25, 0.3) is 0 Å². The first-order valence-corrected chi connectivity index (χ1v) is 9.40. The minimum atomic E-state index is -0.227. The summed E-state index contributed by atoms with van der Waals surface area (Å²) < 4.78 is 5.79. The molecule has 3 aromatic rings. The summed E-state index contributed by atoms with van der Waals surface area (Å²) in [6.45, 7) is 1.89. The van der Waals surface area contributed by atoms with Gasteiger partial charge in [-0.1, -0.05) is 30.3 Å². The van der Waals surface area contributed by atoms with E-state index in [9.17, 15) is 9.59 Å². The van der Waals surface area contributed by atoms with Gasteiger partial charge in [-0.05, 0) is 48.9 Å². The number of hydrogen-bond acceptors (Lipinski definition) is 5. The fourth-order valence-corrected chi connectivity index (χ4v) is 2.80. The fraction of sp³-hybridized carbons (Fsp3) is 0.125. The molecular formula is C24H21N3O3. The average Bonchev–Trinajstić information content (AvgIpc) is 2.77. The molecule has 0 spiro atoms. The number of ketones is 1. The van der Waals surface area contributed by atoms with Gasteiger partial charge in [0, 0.05) is 23.0 Å². The first-order valence-electron chi connectivity index (χ1n) is 9.40. The smallest absolute Gasteiger partial charge is 0.243 e. The second kappa shape index (κ2) is 9.89. The lowest BCUT2D eigenvalue weighted by Crippen LogP contribution is -2.21. The van der Waals surface area contributed by atoms with Gasteiger partial charge in [0.1, 0.15) is 12.4 Å². The number of anilines is 2. The number of nitrogens with one attached hydrogen (secondary N) is 2. The van der Waals surface area contributed by atoms with Crippen LogP contribution in [0.3, 0.4) is 0 Å². The van der Waals surface area contributed by atoms with Crippen LogP contribution in [0.4, 0.5) is 11.4 Å². The molecule has 2 N–H and O–H groups in total. The molecule has 3 rings (SSSR count). The van der Waals surface area contributed by atoms with Crippen molar-refractivity contribution in [2.45, 2.75) is 13.5 Å². The molecule has 6 nitrogen and oxygen atoms in total. The molecule has 0 aromatic heterocycles. The van der Waals surface area contributed by atoms with Gasteiger partial charge < -0.3 is 15.4 Å². The van der Waals surface area contributed by atoms with Crippen molar-refractivity contribution in [2.24, 2.45) is 0 Å². The van der Waals surface area contributed by atoms with Crippen LogP contribution >= 0.6 is 0 Å². The van der Waals surface area contributed by atoms with Gasteiger partial charge in [-0.15, -0.1) is 0 Å². The van der Waals surface area contributed by atoms with Crippen molar-refractivity contribution in [1.29, 1.82) is 5.26 Å². The maximum absolute atomic E-state index is 12.2. The highest BCUT2D eigenvalue weighted by molar-refractivity contribution is 5.98. The molecular weight excluding hydrogens is 378 g/mol. The molecule has 1 amide bonds. The van der Waals surface area contributed by atoms with Gasteiger partial charge in [0.25, 0.3) is 0 Å². The van der Waals surface area contributed by atoms with Gasteiger partial charge >= 0.3 is 0 Å². The number of nitriles is 1. The normalized spacial score (nSPS) is 10.0. The van der Waals surface area contributed by atoms with E-state index < -0.39 is 0 Å². The molecule has 0 atom stereocenters. The van der Waals surface area contributed by atoms with E-state index in [-0.39, 0.29) is 18.2 Å². The largest absolute Gasteiger partial charge is 0.489 e. The van der Waals surface area contributed by atoms with Crippen molar-refractivity contribution in [3.8, 4) is 11.8 Å². The lowest BCUT2D eigenvalue weighted by molar-refractivity contribution is -0.114. The van der Waals surface area contributed by atoms with Crippen LogP contribution in [0.2, 0.25) is 0 Å². The third-order valence-electron chi connectivity index (χ3n) is 4.30. The van der Waals surface area contributed by atoms with Crippen molar-refractivity contribution >= 4 is 23.1 Å². The van der Waals surface area contributed by atoms with Crippen LogP contribution in [0.5, 0.6) is 5.75 Å². The molecule has 0 aliphatic rings. The molecule has 0 aliphatic heterocycles. The Bertz CT molecular complexity index is 1100. The lowest BCUT2D eigenvalue weighted by atomic mass is 10.1. The van der Waals surface area contributed by atoms with Crippen molar-refractivity contribution < 1.29 is 14.3 Å². The molecule has 0 saturated heterocycles. The molecule has 0 fully saturated rings. The van der Waals surface area contributed by atoms with E-state index in [1.807, 2.05) is 30.3 Å². The van der Waals surface area contributed by atoms with Crippen molar-refractivity contribution in [3.05, 3.63) is 89.5 Å². The Labute approximate surface area is 175 Å². The molecule has 150 valence electrons. The van der Waals surface area contributed by atoms with E-state index in [4.69, 9.17) is 10.00 Å². The fourth-order valence-electron chi connectivity index (χ4n) is 2.80. The molecule has 0 bridgehead atoms. The van der Waals surface area contributed by atoms with Gasteiger partial charge in [0.2, 0.25) is 5.91 Å². The molecule has 3 aromatic carbocycles. The molecule has 0 saturated carbocycles. The van der Waals surface area contributed by atoms with Gasteiger partial charge in [-0.3, -0.25) is 9.59 Å². The Morgan fingerprint density at radius 3 is 2.53 bits per heavy atom. The number of ether oxygens (including phenoxy) is 1. The van der Waals surface area contributed by atoms with E-state index in [2.05, 4.69) is 16.7 Å². The van der Waals surface area contributed by atoms with Gasteiger partial charge in [-0.25, -0.2) is 0 Å². The second-order valence-corrected chi connectivity index (χ2v) is 6.67. The molecule has 6 heteroatoms. The SMILES string of the molecule is CC(=O)c1cccc(NC(=O)CNc2cccc(OCc3cccc(C#N)c3)c2)c1. The van der Waals surface area contributed by atoms with Crippen LogP contribution in [0, 0.1) is 11.3 Å². The summed E-state index contributed by atoms with van der Waals surface area (Å²) in [4.78, 5) is 23.7. The first kappa shape index (κ1) is 20.6. The number of carbonyl (C=O) groups is 2. The summed E-state index contributed by atoms with van der Waals surface area (Å²) in [5, 5.41) is 14.8. The number of benzene rings is 3. The Morgan fingerprint density at radius 2 is 1.73 bits per heavy atom. The van der Waals surface area contributed by atoms with E-state index in [1.165, 1.54) is 6.92 Å². The molecule has 0 aliphatic carbocycles. The molecule has 30 heavy (non-hydrogen) atoms. The second-order valence-electron chi connectivity index (χ2n) is 6.67. The number of nitrogens with zero attached hydrogens (tertiary/aromatic N) is 1. The summed E-state index contributed by atoms with van der Waals surface area (Å²) in [6, 6.07) is 23.5. The van der Waals surface area contributed by atoms with Gasteiger partial charge in [0.05, 0.1) is 18.2 Å². The van der Waals surface area contributed by atoms with Crippen LogP contribution in [-0.2, 0) is 11.4 Å². The highest BCUT2D eigenvalue weighted by atomic mass is 16.5. The quantitative estimate of drug-likeness (QED) is 0.548. The highest BCUT2D eigenvalue weighted by Gasteiger charge is 2.06. The summed E-state index contributed by atoms with van der Waals surface area (Å²) >= 11 is 0. The Hall–Kier alpha value is -4.11. The number of Topliss-reactive ketones (excluding diaryl/α,β-unsaturated/α-hetero) is 1. The summed E-state index contributed by atoms with van der Waals surface area (Å²) in [5.74, 6) is 0.368. The Balaban J connectivity index is 1.53. The standard InChI is InChI=1S/C24H21N3O3/c1-17(28)20-7-3-9-22(12-20)27-24(29)15-26-21-8-4-10-23(13-21)30-16-19-6-2-5-18(11-19)14-25/h2-13,26H,15-16H2,1H3,(H,27,29). The van der Waals surface area contributed by atoms with Crippen LogP contribution in [0.15, 0.2) is 72.8 Å². The average molecular weight is 399 g/mol. The maximum Gasteiger partial charge on any atom is 0.243 e. The van der Waals surface area contributed by atoms with Gasteiger partial charge in [-0.2, -0.15) is 5.26 Å². The highest BCUT2D eigenvalue weighted by Crippen LogP contribution is 2.19. The van der Waals surface area contributed by atoms with Crippen LogP contribution in [0.1, 0.15) is 28.4 Å². The zero-order valence-electron chi connectivity index (χ0n) is 16.5. The van der Waals surface area contributed by atoms with Crippen LogP contribution in [-0.4, -0.2) is 18.2 Å². The third kappa shape index (κ3) is 5.94. The maximum atomic E-state index is 12.2. The predicted molar refractivity (Wildman–Crippen MR) is 115 cm³/mol. The lowest BCUT2D eigenvalue weighted by Gasteiger charge is -2.11.